The average molecular weight is 463 g/mol. The summed E-state index contributed by atoms with van der Waals surface area (Å²) < 4.78 is 5.92. The first-order valence-electron chi connectivity index (χ1n) is 13.1. The minimum absolute atomic E-state index is 0.428. The van der Waals surface area contributed by atoms with Gasteiger partial charge in [0, 0.05) is 25.0 Å². The van der Waals surface area contributed by atoms with Crippen LogP contribution in [0.2, 0.25) is 0 Å². The Hall–Kier alpha value is -3.16. The van der Waals surface area contributed by atoms with Gasteiger partial charge in [-0.05, 0) is 59.1 Å². The zero-order chi connectivity index (χ0) is 24.3. The van der Waals surface area contributed by atoms with Crippen molar-refractivity contribution in [2.75, 3.05) is 13.2 Å². The summed E-state index contributed by atoms with van der Waals surface area (Å²) in [5.74, 6) is 0.856. The van der Waals surface area contributed by atoms with Crippen LogP contribution >= 0.6 is 0 Å². The number of aryl methyl sites for hydroxylation is 2. The highest BCUT2D eigenvalue weighted by atomic mass is 16.5. The van der Waals surface area contributed by atoms with Gasteiger partial charge in [-0.1, -0.05) is 123 Å². The molecule has 0 saturated carbocycles. The lowest BCUT2D eigenvalue weighted by atomic mass is 9.92. The maximum absolute atomic E-state index is 5.92. The monoisotopic (exact) mass is 462 g/mol. The second-order valence-corrected chi connectivity index (χ2v) is 9.57. The lowest BCUT2D eigenvalue weighted by molar-refractivity contribution is 0.130. The summed E-state index contributed by atoms with van der Waals surface area (Å²) in [7, 11) is 0. The molecule has 0 radical (unpaired) electrons. The van der Waals surface area contributed by atoms with Crippen molar-refractivity contribution in [2.24, 2.45) is 0 Å². The van der Waals surface area contributed by atoms with Crippen molar-refractivity contribution in [3.63, 3.8) is 0 Å². The standard InChI is InChI=1S/C34H38O/c1-27(31-13-5-3-6-14-31)33-21-17-29(18-22-33)11-9-25-35-26-10-12-30-19-23-34(24-20-30)28(2)32-15-7-4-8-16-32/h3-8,13-24,27-28H,9-12,25-26H2,1-2H3. The van der Waals surface area contributed by atoms with E-state index in [9.17, 15) is 0 Å². The maximum Gasteiger partial charge on any atom is 0.0469 e. The van der Waals surface area contributed by atoms with Gasteiger partial charge in [0.1, 0.15) is 0 Å². The topological polar surface area (TPSA) is 9.23 Å². The summed E-state index contributed by atoms with van der Waals surface area (Å²) in [6.45, 7) is 6.21. The van der Waals surface area contributed by atoms with Gasteiger partial charge in [0.15, 0.2) is 0 Å². The molecule has 0 saturated heterocycles. The molecule has 0 aliphatic carbocycles. The van der Waals surface area contributed by atoms with Crippen LogP contribution in [-0.4, -0.2) is 13.2 Å². The molecule has 0 amide bonds. The van der Waals surface area contributed by atoms with Gasteiger partial charge in [0.2, 0.25) is 0 Å². The van der Waals surface area contributed by atoms with Crippen molar-refractivity contribution in [3.05, 3.63) is 143 Å². The lowest BCUT2D eigenvalue weighted by Crippen LogP contribution is -2.01. The van der Waals surface area contributed by atoms with E-state index in [4.69, 9.17) is 4.74 Å². The summed E-state index contributed by atoms with van der Waals surface area (Å²) in [4.78, 5) is 0. The first kappa shape index (κ1) is 24.9. The quantitative estimate of drug-likeness (QED) is 0.192. The van der Waals surface area contributed by atoms with E-state index in [0.717, 1.165) is 38.9 Å². The summed E-state index contributed by atoms with van der Waals surface area (Å²) in [6, 6.07) is 39.6. The van der Waals surface area contributed by atoms with Crippen molar-refractivity contribution in [3.8, 4) is 0 Å². The van der Waals surface area contributed by atoms with Gasteiger partial charge < -0.3 is 4.74 Å². The average Bonchev–Trinajstić information content (AvgIpc) is 2.93. The van der Waals surface area contributed by atoms with Gasteiger partial charge in [-0.15, -0.1) is 0 Å². The largest absolute Gasteiger partial charge is 0.381 e. The second-order valence-electron chi connectivity index (χ2n) is 9.57. The third kappa shape index (κ3) is 7.41. The Labute approximate surface area is 211 Å². The highest BCUT2D eigenvalue weighted by Gasteiger charge is 2.08. The van der Waals surface area contributed by atoms with Crippen molar-refractivity contribution in [2.45, 2.75) is 51.4 Å². The Kier molecular flexibility index (Phi) is 9.32. The van der Waals surface area contributed by atoms with Gasteiger partial charge in [-0.2, -0.15) is 0 Å². The van der Waals surface area contributed by atoms with Crippen LogP contribution in [0.3, 0.4) is 0 Å². The predicted molar refractivity (Wildman–Crippen MR) is 148 cm³/mol. The summed E-state index contributed by atoms with van der Waals surface area (Å²) in [5, 5.41) is 0. The van der Waals surface area contributed by atoms with Gasteiger partial charge >= 0.3 is 0 Å². The Balaban J connectivity index is 1.11. The molecule has 2 unspecified atom stereocenters. The van der Waals surface area contributed by atoms with E-state index in [-0.39, 0.29) is 0 Å². The van der Waals surface area contributed by atoms with E-state index in [2.05, 4.69) is 123 Å². The van der Waals surface area contributed by atoms with Crippen LogP contribution < -0.4 is 0 Å². The van der Waals surface area contributed by atoms with Crippen LogP contribution in [0.25, 0.3) is 0 Å². The lowest BCUT2D eigenvalue weighted by Gasteiger charge is -2.13. The third-order valence-electron chi connectivity index (χ3n) is 7.07. The van der Waals surface area contributed by atoms with E-state index in [0.29, 0.717) is 11.8 Å². The maximum atomic E-state index is 5.92. The number of hydrogen-bond acceptors (Lipinski definition) is 1. The smallest absolute Gasteiger partial charge is 0.0469 e. The molecular formula is C34H38O. The summed E-state index contributed by atoms with van der Waals surface area (Å²) >= 11 is 0. The Morgan fingerprint density at radius 2 is 0.800 bits per heavy atom. The Morgan fingerprint density at radius 1 is 0.457 bits per heavy atom. The molecule has 4 rings (SSSR count). The molecule has 4 aromatic carbocycles. The van der Waals surface area contributed by atoms with Crippen LogP contribution in [-0.2, 0) is 17.6 Å². The minimum Gasteiger partial charge on any atom is -0.381 e. The van der Waals surface area contributed by atoms with Crippen molar-refractivity contribution < 1.29 is 4.74 Å². The molecule has 0 bridgehead atoms. The summed E-state index contributed by atoms with van der Waals surface area (Å²) in [6.07, 6.45) is 4.28. The Bertz CT molecular complexity index is 1020. The molecule has 0 spiro atoms. The molecule has 0 heterocycles. The van der Waals surface area contributed by atoms with Gasteiger partial charge in [0.25, 0.3) is 0 Å². The highest BCUT2D eigenvalue weighted by molar-refractivity contribution is 5.34. The van der Waals surface area contributed by atoms with Gasteiger partial charge in [-0.25, -0.2) is 0 Å². The molecule has 0 aromatic heterocycles. The molecular weight excluding hydrogens is 424 g/mol. The highest BCUT2D eigenvalue weighted by Crippen LogP contribution is 2.25. The zero-order valence-electron chi connectivity index (χ0n) is 21.2. The molecule has 0 aliphatic rings. The fourth-order valence-corrected chi connectivity index (χ4v) is 4.67. The molecule has 1 nitrogen and oxygen atoms in total. The fraction of sp³-hybridized carbons (Fsp3) is 0.294. The fourth-order valence-electron chi connectivity index (χ4n) is 4.67. The normalized spacial score (nSPS) is 12.9. The van der Waals surface area contributed by atoms with Crippen LogP contribution in [0.4, 0.5) is 0 Å². The van der Waals surface area contributed by atoms with Crippen molar-refractivity contribution in [1.82, 2.24) is 0 Å². The molecule has 180 valence electrons. The van der Waals surface area contributed by atoms with E-state index in [1.807, 2.05) is 0 Å². The van der Waals surface area contributed by atoms with E-state index < -0.39 is 0 Å². The van der Waals surface area contributed by atoms with Gasteiger partial charge in [-0.3, -0.25) is 0 Å². The van der Waals surface area contributed by atoms with E-state index in [1.165, 1.54) is 33.4 Å². The van der Waals surface area contributed by atoms with E-state index in [1.54, 1.807) is 0 Å². The second kappa shape index (κ2) is 13.1. The minimum atomic E-state index is 0.428. The molecule has 0 N–H and O–H groups in total. The Morgan fingerprint density at radius 3 is 1.17 bits per heavy atom. The zero-order valence-corrected chi connectivity index (χ0v) is 21.2. The van der Waals surface area contributed by atoms with Crippen LogP contribution in [0.15, 0.2) is 109 Å². The molecule has 1 heteroatoms. The molecule has 0 aliphatic heterocycles. The van der Waals surface area contributed by atoms with E-state index >= 15 is 0 Å². The molecule has 2 atom stereocenters. The van der Waals surface area contributed by atoms with Crippen molar-refractivity contribution in [1.29, 1.82) is 0 Å². The van der Waals surface area contributed by atoms with Crippen LogP contribution in [0.1, 0.15) is 71.9 Å². The molecule has 4 aromatic rings. The molecule has 35 heavy (non-hydrogen) atoms. The number of rotatable bonds is 12. The van der Waals surface area contributed by atoms with Gasteiger partial charge in [0.05, 0.1) is 0 Å². The summed E-state index contributed by atoms with van der Waals surface area (Å²) in [5.41, 5.74) is 8.26. The number of benzene rings is 4. The number of ether oxygens (including phenoxy) is 1. The number of hydrogen-bond donors (Lipinski definition) is 0. The van der Waals surface area contributed by atoms with Crippen LogP contribution in [0, 0.1) is 0 Å². The van der Waals surface area contributed by atoms with Crippen LogP contribution in [0.5, 0.6) is 0 Å². The van der Waals surface area contributed by atoms with Crippen molar-refractivity contribution >= 4 is 0 Å². The SMILES string of the molecule is CC(c1ccccc1)c1ccc(CCCOCCCc2ccc(C(C)c3ccccc3)cc2)cc1. The first-order valence-corrected chi connectivity index (χ1v) is 13.1. The third-order valence-corrected chi connectivity index (χ3v) is 7.07. The molecule has 0 fully saturated rings. The first-order chi connectivity index (χ1) is 17.2. The predicted octanol–water partition coefficient (Wildman–Crippen LogP) is 8.57.